The van der Waals surface area contributed by atoms with Gasteiger partial charge in [0.25, 0.3) is 5.91 Å². The second kappa shape index (κ2) is 11.5. The number of ether oxygens (including phenoxy) is 3. The van der Waals surface area contributed by atoms with E-state index in [0.29, 0.717) is 42.7 Å². The van der Waals surface area contributed by atoms with E-state index < -0.39 is 0 Å². The van der Waals surface area contributed by atoms with Gasteiger partial charge in [-0.05, 0) is 47.0 Å². The van der Waals surface area contributed by atoms with Gasteiger partial charge < -0.3 is 24.0 Å². The van der Waals surface area contributed by atoms with Crippen molar-refractivity contribution in [2.75, 3.05) is 47.1 Å². The number of amides is 2. The van der Waals surface area contributed by atoms with Gasteiger partial charge in [-0.2, -0.15) is 0 Å². The minimum absolute atomic E-state index is 0.00474. The minimum Gasteiger partial charge on any atom is -0.497 e. The Bertz CT molecular complexity index is 1100. The van der Waals surface area contributed by atoms with Gasteiger partial charge in [0.1, 0.15) is 24.7 Å². The zero-order valence-corrected chi connectivity index (χ0v) is 20.9. The maximum absolute atomic E-state index is 13.5. The highest BCUT2D eigenvalue weighted by atomic mass is 32.1. The fourth-order valence-electron chi connectivity index (χ4n) is 4.00. The van der Waals surface area contributed by atoms with Gasteiger partial charge in [0.15, 0.2) is 0 Å². The van der Waals surface area contributed by atoms with Crippen molar-refractivity contribution in [3.63, 3.8) is 0 Å². The summed E-state index contributed by atoms with van der Waals surface area (Å²) in [4.78, 5) is 31.8. The molecule has 0 aliphatic carbocycles. The first-order valence-corrected chi connectivity index (χ1v) is 12.8. The molecule has 0 bridgehead atoms. The first-order chi connectivity index (χ1) is 16.6. The summed E-state index contributed by atoms with van der Waals surface area (Å²) >= 11 is 3.08. The van der Waals surface area contributed by atoms with E-state index in [4.69, 9.17) is 14.2 Å². The van der Waals surface area contributed by atoms with E-state index in [1.165, 1.54) is 16.2 Å². The van der Waals surface area contributed by atoms with Crippen molar-refractivity contribution in [2.45, 2.75) is 12.5 Å². The van der Waals surface area contributed by atoms with Crippen molar-refractivity contribution < 1.29 is 23.8 Å². The van der Waals surface area contributed by atoms with E-state index in [0.717, 1.165) is 12.0 Å². The average Bonchev–Trinajstić information content (AvgIpc) is 3.57. The van der Waals surface area contributed by atoms with Gasteiger partial charge in [0.2, 0.25) is 5.91 Å². The number of fused-ring (bicyclic) bond motifs is 1. The molecule has 4 rings (SSSR count). The van der Waals surface area contributed by atoms with Gasteiger partial charge >= 0.3 is 0 Å². The number of thiophene rings is 2. The summed E-state index contributed by atoms with van der Waals surface area (Å²) < 4.78 is 16.6. The van der Waals surface area contributed by atoms with E-state index >= 15 is 0 Å². The standard InChI is InChI=1S/C25H28N2O5S2/c1-30-12-11-26(25(29)23-7-4-13-33-23)16-24(28)27-10-8-22-20(9-14-34-22)21(27)17-32-19-6-3-5-18(15-19)31-2/h3-7,9,13-15,21H,8,10-12,16-17H2,1-2H3. The molecule has 3 aromatic rings. The molecule has 34 heavy (non-hydrogen) atoms. The van der Waals surface area contributed by atoms with Crippen molar-refractivity contribution in [1.29, 1.82) is 0 Å². The molecule has 1 aromatic carbocycles. The topological polar surface area (TPSA) is 68.3 Å². The van der Waals surface area contributed by atoms with Gasteiger partial charge in [0.05, 0.1) is 24.6 Å². The maximum atomic E-state index is 13.5. The van der Waals surface area contributed by atoms with Crippen LogP contribution in [0.3, 0.4) is 0 Å². The third-order valence-corrected chi connectivity index (χ3v) is 7.63. The molecule has 0 N–H and O–H groups in total. The molecule has 3 heterocycles. The number of carbonyl (C=O) groups is 2. The molecular weight excluding hydrogens is 472 g/mol. The van der Waals surface area contributed by atoms with Gasteiger partial charge in [-0.1, -0.05) is 12.1 Å². The predicted molar refractivity (Wildman–Crippen MR) is 133 cm³/mol. The third kappa shape index (κ3) is 5.60. The lowest BCUT2D eigenvalue weighted by atomic mass is 10.0. The molecule has 1 aliphatic rings. The number of benzene rings is 1. The molecule has 180 valence electrons. The second-order valence-electron chi connectivity index (χ2n) is 7.84. The van der Waals surface area contributed by atoms with Crippen LogP contribution in [0.5, 0.6) is 11.5 Å². The number of hydrogen-bond donors (Lipinski definition) is 0. The van der Waals surface area contributed by atoms with Crippen LogP contribution in [0.15, 0.2) is 53.2 Å². The summed E-state index contributed by atoms with van der Waals surface area (Å²) in [5.41, 5.74) is 1.11. The van der Waals surface area contributed by atoms with E-state index in [-0.39, 0.29) is 24.4 Å². The normalized spacial score (nSPS) is 15.0. The Labute approximate surface area is 207 Å². The molecule has 7 nitrogen and oxygen atoms in total. The quantitative estimate of drug-likeness (QED) is 0.419. The molecule has 1 atom stereocenters. The zero-order chi connectivity index (χ0) is 23.9. The highest BCUT2D eigenvalue weighted by Gasteiger charge is 2.33. The van der Waals surface area contributed by atoms with E-state index in [1.807, 2.05) is 40.6 Å². The van der Waals surface area contributed by atoms with Crippen LogP contribution >= 0.6 is 22.7 Å². The molecule has 0 saturated carbocycles. The summed E-state index contributed by atoms with van der Waals surface area (Å²) in [6, 6.07) is 12.9. The number of carbonyl (C=O) groups excluding carboxylic acids is 2. The number of methoxy groups -OCH3 is 2. The first-order valence-electron chi connectivity index (χ1n) is 11.0. The molecule has 0 saturated heterocycles. The number of nitrogens with zero attached hydrogens (tertiary/aromatic N) is 2. The largest absolute Gasteiger partial charge is 0.497 e. The van der Waals surface area contributed by atoms with Crippen LogP contribution < -0.4 is 9.47 Å². The molecule has 0 fully saturated rings. The van der Waals surface area contributed by atoms with Crippen LogP contribution in [0.4, 0.5) is 0 Å². The fraction of sp³-hybridized carbons (Fsp3) is 0.360. The highest BCUT2D eigenvalue weighted by Crippen LogP contribution is 2.34. The lowest BCUT2D eigenvalue weighted by molar-refractivity contribution is -0.135. The minimum atomic E-state index is -0.227. The third-order valence-electron chi connectivity index (χ3n) is 5.77. The summed E-state index contributed by atoms with van der Waals surface area (Å²) in [6.45, 7) is 1.61. The Morgan fingerprint density at radius 2 is 1.94 bits per heavy atom. The molecular formula is C25H28N2O5S2. The van der Waals surface area contributed by atoms with Crippen molar-refractivity contribution >= 4 is 34.5 Å². The predicted octanol–water partition coefficient (Wildman–Crippen LogP) is 4.11. The van der Waals surface area contributed by atoms with Gasteiger partial charge in [0, 0.05) is 31.1 Å². The molecule has 1 aliphatic heterocycles. The van der Waals surface area contributed by atoms with Crippen LogP contribution in [-0.2, 0) is 16.0 Å². The fourth-order valence-corrected chi connectivity index (χ4v) is 5.62. The zero-order valence-electron chi connectivity index (χ0n) is 19.3. The smallest absolute Gasteiger partial charge is 0.264 e. The van der Waals surface area contributed by atoms with Crippen LogP contribution in [0.1, 0.15) is 26.2 Å². The van der Waals surface area contributed by atoms with Gasteiger partial charge in [-0.15, -0.1) is 22.7 Å². The van der Waals surface area contributed by atoms with Crippen LogP contribution in [-0.4, -0.2) is 68.7 Å². The van der Waals surface area contributed by atoms with Crippen LogP contribution in [0.2, 0.25) is 0 Å². The van der Waals surface area contributed by atoms with Crippen LogP contribution in [0.25, 0.3) is 0 Å². The number of hydrogen-bond acceptors (Lipinski definition) is 7. The molecule has 2 amide bonds. The van der Waals surface area contributed by atoms with Gasteiger partial charge in [-0.3, -0.25) is 9.59 Å². The van der Waals surface area contributed by atoms with Crippen molar-refractivity contribution in [3.8, 4) is 11.5 Å². The monoisotopic (exact) mass is 500 g/mol. The molecule has 0 radical (unpaired) electrons. The summed E-state index contributed by atoms with van der Waals surface area (Å²) in [7, 11) is 3.20. The number of rotatable bonds is 10. The Kier molecular flexibility index (Phi) is 8.21. The maximum Gasteiger partial charge on any atom is 0.264 e. The Balaban J connectivity index is 1.51. The van der Waals surface area contributed by atoms with Crippen molar-refractivity contribution in [3.05, 3.63) is 68.5 Å². The van der Waals surface area contributed by atoms with Crippen LogP contribution in [0, 0.1) is 0 Å². The molecule has 9 heteroatoms. The first kappa shape index (κ1) is 24.3. The summed E-state index contributed by atoms with van der Waals surface area (Å²) in [6.07, 6.45) is 0.797. The van der Waals surface area contributed by atoms with E-state index in [9.17, 15) is 9.59 Å². The summed E-state index contributed by atoms with van der Waals surface area (Å²) in [5.74, 6) is 1.14. The van der Waals surface area contributed by atoms with E-state index in [2.05, 4.69) is 11.4 Å². The Morgan fingerprint density at radius 3 is 2.71 bits per heavy atom. The van der Waals surface area contributed by atoms with E-state index in [1.54, 1.807) is 36.5 Å². The highest BCUT2D eigenvalue weighted by molar-refractivity contribution is 7.12. The second-order valence-corrected chi connectivity index (χ2v) is 9.79. The van der Waals surface area contributed by atoms with Crippen molar-refractivity contribution in [2.24, 2.45) is 0 Å². The van der Waals surface area contributed by atoms with Gasteiger partial charge in [-0.25, -0.2) is 0 Å². The van der Waals surface area contributed by atoms with Crippen molar-refractivity contribution in [1.82, 2.24) is 9.80 Å². The Hall–Kier alpha value is -2.88. The Morgan fingerprint density at radius 1 is 1.09 bits per heavy atom. The molecule has 2 aromatic heterocycles. The SMILES string of the molecule is COCCN(CC(=O)N1CCc2sccc2C1COc1cccc(OC)c1)C(=O)c1cccs1. The molecule has 0 spiro atoms. The summed E-state index contributed by atoms with van der Waals surface area (Å²) in [5, 5.41) is 3.92. The lowest BCUT2D eigenvalue weighted by Gasteiger charge is -2.37. The average molecular weight is 501 g/mol. The molecule has 1 unspecified atom stereocenters. The lowest BCUT2D eigenvalue weighted by Crippen LogP contribution is -2.48.